The Balaban J connectivity index is 3.50. The van der Waals surface area contributed by atoms with Crippen molar-refractivity contribution in [2.45, 2.75) is 18.6 Å². The van der Waals surface area contributed by atoms with Gasteiger partial charge in [0.25, 0.3) is 0 Å². The zero-order valence-corrected chi connectivity index (χ0v) is 9.54. The summed E-state index contributed by atoms with van der Waals surface area (Å²) >= 11 is 0. The van der Waals surface area contributed by atoms with Crippen LogP contribution in [-0.2, 0) is 0 Å². The second-order valence-corrected chi connectivity index (χ2v) is 3.63. The van der Waals surface area contributed by atoms with Crippen molar-refractivity contribution in [3.8, 4) is 18.2 Å². The Hall–Kier alpha value is -2.72. The molecule has 1 aliphatic rings. The molecule has 0 amide bonds. The molecule has 1 heterocycles. The molecule has 0 bridgehead atoms. The lowest BCUT2D eigenvalue weighted by atomic mass is 9.92. The third-order valence-corrected chi connectivity index (χ3v) is 2.54. The fourth-order valence-electron chi connectivity index (χ4n) is 1.62. The molecule has 0 saturated heterocycles. The van der Waals surface area contributed by atoms with E-state index in [1.165, 1.54) is 12.1 Å². The number of hydrogen-bond acceptors (Lipinski definition) is 4. The SMILES string of the molecule is C=CC1=C(C#N)C(=C(C#N)C#N)NC(C(F)(F)F)C1. The second kappa shape index (κ2) is 5.29. The first kappa shape index (κ1) is 14.3. The number of nitriles is 3. The van der Waals surface area contributed by atoms with Crippen LogP contribution in [0.25, 0.3) is 0 Å². The Morgan fingerprint density at radius 2 is 1.89 bits per heavy atom. The quantitative estimate of drug-likeness (QED) is 0.736. The van der Waals surface area contributed by atoms with Crippen LogP contribution in [-0.4, -0.2) is 12.2 Å². The monoisotopic (exact) mass is 264 g/mol. The van der Waals surface area contributed by atoms with Gasteiger partial charge in [-0.2, -0.15) is 29.0 Å². The van der Waals surface area contributed by atoms with Gasteiger partial charge >= 0.3 is 6.18 Å². The molecule has 19 heavy (non-hydrogen) atoms. The van der Waals surface area contributed by atoms with E-state index in [9.17, 15) is 13.2 Å². The smallest absolute Gasteiger partial charge is 0.371 e. The van der Waals surface area contributed by atoms with E-state index >= 15 is 0 Å². The standard InChI is InChI=1S/C12H7F3N4/c1-2-7-3-10(12(13,14)15)19-11(9(7)6-18)8(4-16)5-17/h2,10,19H,1,3H2. The Bertz CT molecular complexity index is 574. The van der Waals surface area contributed by atoms with E-state index in [0.717, 1.165) is 6.08 Å². The first-order chi connectivity index (χ1) is 8.88. The Morgan fingerprint density at radius 3 is 2.26 bits per heavy atom. The van der Waals surface area contributed by atoms with Crippen molar-refractivity contribution in [1.82, 2.24) is 5.32 Å². The van der Waals surface area contributed by atoms with E-state index in [0.29, 0.717) is 0 Å². The van der Waals surface area contributed by atoms with Gasteiger partial charge in [-0.1, -0.05) is 12.7 Å². The first-order valence-corrected chi connectivity index (χ1v) is 5.02. The third kappa shape index (κ3) is 2.75. The van der Waals surface area contributed by atoms with Crippen molar-refractivity contribution >= 4 is 0 Å². The first-order valence-electron chi connectivity index (χ1n) is 5.02. The molecule has 1 N–H and O–H groups in total. The molecular weight excluding hydrogens is 257 g/mol. The summed E-state index contributed by atoms with van der Waals surface area (Å²) in [7, 11) is 0. The van der Waals surface area contributed by atoms with Crippen molar-refractivity contribution in [2.24, 2.45) is 0 Å². The van der Waals surface area contributed by atoms with Crippen LogP contribution in [0.1, 0.15) is 6.42 Å². The summed E-state index contributed by atoms with van der Waals surface area (Å²) < 4.78 is 38.2. The van der Waals surface area contributed by atoms with Gasteiger partial charge in [0.2, 0.25) is 0 Å². The predicted molar refractivity (Wildman–Crippen MR) is 58.7 cm³/mol. The molecule has 4 nitrogen and oxygen atoms in total. The van der Waals surface area contributed by atoms with Gasteiger partial charge in [-0.25, -0.2) is 0 Å². The lowest BCUT2D eigenvalue weighted by molar-refractivity contribution is -0.154. The molecule has 1 rings (SSSR count). The van der Waals surface area contributed by atoms with Gasteiger partial charge in [-0.15, -0.1) is 0 Å². The van der Waals surface area contributed by atoms with Gasteiger partial charge in [0.05, 0.1) is 11.3 Å². The van der Waals surface area contributed by atoms with Crippen LogP contribution in [0.15, 0.2) is 35.1 Å². The maximum Gasteiger partial charge on any atom is 0.408 e. The molecular formula is C12H7F3N4. The molecule has 0 spiro atoms. The van der Waals surface area contributed by atoms with E-state index in [1.54, 1.807) is 6.07 Å². The van der Waals surface area contributed by atoms with Crippen LogP contribution in [0, 0.1) is 34.0 Å². The lowest BCUT2D eigenvalue weighted by Gasteiger charge is -2.29. The van der Waals surface area contributed by atoms with Crippen molar-refractivity contribution in [3.63, 3.8) is 0 Å². The number of nitrogens with zero attached hydrogens (tertiary/aromatic N) is 3. The van der Waals surface area contributed by atoms with Crippen LogP contribution in [0.3, 0.4) is 0 Å². The topological polar surface area (TPSA) is 83.4 Å². The van der Waals surface area contributed by atoms with Gasteiger partial charge in [0, 0.05) is 6.42 Å². The molecule has 0 saturated carbocycles. The van der Waals surface area contributed by atoms with Crippen LogP contribution in [0.4, 0.5) is 13.2 Å². The zero-order chi connectivity index (χ0) is 14.6. The number of rotatable bonds is 1. The van der Waals surface area contributed by atoms with E-state index < -0.39 is 29.9 Å². The minimum absolute atomic E-state index is 0.0570. The molecule has 0 radical (unpaired) electrons. The number of alkyl halides is 3. The lowest BCUT2D eigenvalue weighted by Crippen LogP contribution is -2.45. The molecule has 0 aromatic heterocycles. The highest BCUT2D eigenvalue weighted by molar-refractivity contribution is 5.58. The van der Waals surface area contributed by atoms with E-state index in [-0.39, 0.29) is 11.1 Å². The number of halogens is 3. The molecule has 0 aromatic rings. The Labute approximate surface area is 107 Å². The summed E-state index contributed by atoms with van der Waals surface area (Å²) in [4.78, 5) is 0. The molecule has 1 aliphatic heterocycles. The normalized spacial score (nSPS) is 18.7. The van der Waals surface area contributed by atoms with Gasteiger partial charge in [-0.05, 0) is 5.57 Å². The Kier molecular flexibility index (Phi) is 3.99. The number of nitrogens with one attached hydrogen (secondary N) is 1. The fourth-order valence-corrected chi connectivity index (χ4v) is 1.62. The van der Waals surface area contributed by atoms with Gasteiger partial charge in [-0.3, -0.25) is 0 Å². The average molecular weight is 264 g/mol. The minimum atomic E-state index is -4.56. The second-order valence-electron chi connectivity index (χ2n) is 3.63. The summed E-state index contributed by atoms with van der Waals surface area (Å²) in [6, 6.07) is 2.68. The zero-order valence-electron chi connectivity index (χ0n) is 9.54. The fraction of sp³-hybridized carbons (Fsp3) is 0.250. The Morgan fingerprint density at radius 1 is 1.32 bits per heavy atom. The molecule has 96 valence electrons. The van der Waals surface area contributed by atoms with Crippen LogP contribution >= 0.6 is 0 Å². The molecule has 1 atom stereocenters. The third-order valence-electron chi connectivity index (χ3n) is 2.54. The van der Waals surface area contributed by atoms with Crippen LogP contribution < -0.4 is 5.32 Å². The molecule has 0 aromatic carbocycles. The highest BCUT2D eigenvalue weighted by atomic mass is 19.4. The summed E-state index contributed by atoms with van der Waals surface area (Å²) in [5.74, 6) is 0. The van der Waals surface area contributed by atoms with Crippen molar-refractivity contribution < 1.29 is 13.2 Å². The number of allylic oxidation sites excluding steroid dienone is 3. The summed E-state index contributed by atoms with van der Waals surface area (Å²) in [6.45, 7) is 3.35. The van der Waals surface area contributed by atoms with Crippen molar-refractivity contribution in [3.05, 3.63) is 35.1 Å². The maximum absolute atomic E-state index is 12.7. The van der Waals surface area contributed by atoms with Gasteiger partial charge < -0.3 is 5.32 Å². The molecule has 0 aliphatic carbocycles. The van der Waals surface area contributed by atoms with Gasteiger partial charge in [0.15, 0.2) is 5.57 Å². The van der Waals surface area contributed by atoms with Crippen molar-refractivity contribution in [2.75, 3.05) is 0 Å². The maximum atomic E-state index is 12.7. The largest absolute Gasteiger partial charge is 0.408 e. The van der Waals surface area contributed by atoms with E-state index in [2.05, 4.69) is 6.58 Å². The number of hydrogen-bond donors (Lipinski definition) is 1. The van der Waals surface area contributed by atoms with Crippen molar-refractivity contribution in [1.29, 1.82) is 15.8 Å². The summed E-state index contributed by atoms with van der Waals surface area (Å²) in [5, 5.41) is 28.5. The molecule has 7 heteroatoms. The van der Waals surface area contributed by atoms with E-state index in [4.69, 9.17) is 15.8 Å². The highest BCUT2D eigenvalue weighted by Gasteiger charge is 2.43. The molecule has 1 unspecified atom stereocenters. The summed E-state index contributed by atoms with van der Waals surface area (Å²) in [6.07, 6.45) is -3.90. The molecule has 0 fully saturated rings. The van der Waals surface area contributed by atoms with Crippen LogP contribution in [0.5, 0.6) is 0 Å². The van der Waals surface area contributed by atoms with E-state index in [1.807, 2.05) is 5.32 Å². The minimum Gasteiger partial charge on any atom is -0.371 e. The predicted octanol–water partition coefficient (Wildman–Crippen LogP) is 2.22. The van der Waals surface area contributed by atoms with Crippen LogP contribution in [0.2, 0.25) is 0 Å². The van der Waals surface area contributed by atoms with Gasteiger partial charge in [0.1, 0.15) is 24.2 Å². The average Bonchev–Trinajstić information content (AvgIpc) is 2.38. The summed E-state index contributed by atoms with van der Waals surface area (Å²) in [5.41, 5.74) is -1.06. The highest BCUT2D eigenvalue weighted by Crippen LogP contribution is 2.33.